The molecular weight excluding hydrogens is 363 g/mol. The van der Waals surface area contributed by atoms with Gasteiger partial charge in [-0.05, 0) is 35.7 Å². The van der Waals surface area contributed by atoms with Gasteiger partial charge in [-0.15, -0.1) is 0 Å². The van der Waals surface area contributed by atoms with Crippen molar-refractivity contribution in [1.29, 1.82) is 0 Å². The van der Waals surface area contributed by atoms with Gasteiger partial charge in [0.25, 0.3) is 0 Å². The summed E-state index contributed by atoms with van der Waals surface area (Å²) < 4.78 is 38.8. The Hall–Kier alpha value is -3.08. The highest BCUT2D eigenvalue weighted by molar-refractivity contribution is 5.97. The summed E-state index contributed by atoms with van der Waals surface area (Å²) in [4.78, 5) is 12.9. The minimum Gasteiger partial charge on any atom is -0.326 e. The molecule has 1 saturated carbocycles. The monoisotopic (exact) mass is 381 g/mol. The van der Waals surface area contributed by atoms with E-state index in [-0.39, 0.29) is 17.5 Å². The highest BCUT2D eigenvalue weighted by Gasteiger charge is 2.60. The van der Waals surface area contributed by atoms with Crippen LogP contribution in [0.4, 0.5) is 18.9 Å². The van der Waals surface area contributed by atoms with Gasteiger partial charge in [0.2, 0.25) is 5.91 Å². The van der Waals surface area contributed by atoms with Crippen molar-refractivity contribution in [2.24, 2.45) is 5.92 Å². The van der Waals surface area contributed by atoms with Gasteiger partial charge >= 0.3 is 6.18 Å². The Bertz CT molecular complexity index is 944. The maximum Gasteiger partial charge on any atom is 0.416 e. The van der Waals surface area contributed by atoms with Gasteiger partial charge in [0.15, 0.2) is 0 Å². The molecule has 2 nitrogen and oxygen atoms in total. The fourth-order valence-electron chi connectivity index (χ4n) is 3.86. The second-order valence-electron chi connectivity index (χ2n) is 7.03. The van der Waals surface area contributed by atoms with Gasteiger partial charge in [0, 0.05) is 11.1 Å². The van der Waals surface area contributed by atoms with Gasteiger partial charge in [-0.2, -0.15) is 13.2 Å². The van der Waals surface area contributed by atoms with E-state index >= 15 is 0 Å². The van der Waals surface area contributed by atoms with E-state index in [4.69, 9.17) is 0 Å². The lowest BCUT2D eigenvalue weighted by atomic mass is 9.85. The third kappa shape index (κ3) is 3.28. The van der Waals surface area contributed by atoms with E-state index in [2.05, 4.69) is 5.32 Å². The predicted molar refractivity (Wildman–Crippen MR) is 102 cm³/mol. The zero-order valence-electron chi connectivity index (χ0n) is 14.9. The van der Waals surface area contributed by atoms with E-state index in [1.165, 1.54) is 12.1 Å². The molecule has 1 N–H and O–H groups in total. The summed E-state index contributed by atoms with van der Waals surface area (Å²) in [5.74, 6) is -0.612. The lowest BCUT2D eigenvalue weighted by molar-refractivity contribution is -0.137. The van der Waals surface area contributed by atoms with Crippen LogP contribution in [0.3, 0.4) is 0 Å². The van der Waals surface area contributed by atoms with Crippen LogP contribution in [-0.2, 0) is 16.4 Å². The number of halogens is 3. The molecule has 1 aliphatic rings. The Kier molecular flexibility index (Phi) is 4.46. The van der Waals surface area contributed by atoms with E-state index in [0.29, 0.717) is 6.42 Å². The number of hydrogen-bond acceptors (Lipinski definition) is 1. The molecule has 5 heteroatoms. The van der Waals surface area contributed by atoms with Crippen molar-refractivity contribution in [2.45, 2.75) is 18.0 Å². The highest BCUT2D eigenvalue weighted by Crippen LogP contribution is 2.59. The summed E-state index contributed by atoms with van der Waals surface area (Å²) in [6.45, 7) is 0. The Morgan fingerprint density at radius 1 is 0.857 bits per heavy atom. The Morgan fingerprint density at radius 2 is 1.43 bits per heavy atom. The zero-order chi connectivity index (χ0) is 19.8. The Balaban J connectivity index is 1.62. The smallest absolute Gasteiger partial charge is 0.326 e. The second kappa shape index (κ2) is 6.82. The Labute approximate surface area is 161 Å². The van der Waals surface area contributed by atoms with Crippen molar-refractivity contribution < 1.29 is 18.0 Å². The minimum absolute atomic E-state index is 0.154. The number of anilines is 1. The molecule has 1 unspecified atom stereocenters. The molecule has 0 aromatic heterocycles. The van der Waals surface area contributed by atoms with Crippen LogP contribution >= 0.6 is 0 Å². The number of amides is 1. The van der Waals surface area contributed by atoms with Crippen molar-refractivity contribution in [3.05, 3.63) is 102 Å². The quantitative estimate of drug-likeness (QED) is 0.622. The molecule has 3 aromatic rings. The van der Waals surface area contributed by atoms with E-state index in [1.54, 1.807) is 0 Å². The lowest BCUT2D eigenvalue weighted by Gasteiger charge is -2.19. The van der Waals surface area contributed by atoms with E-state index in [9.17, 15) is 18.0 Å². The molecule has 1 fully saturated rings. The van der Waals surface area contributed by atoms with Gasteiger partial charge in [-0.1, -0.05) is 66.7 Å². The molecule has 0 saturated heterocycles. The van der Waals surface area contributed by atoms with Crippen molar-refractivity contribution in [2.75, 3.05) is 5.32 Å². The average Bonchev–Trinajstić information content (AvgIpc) is 3.46. The molecule has 3 aromatic carbocycles. The molecular formula is C23H18F3NO. The van der Waals surface area contributed by atoms with Crippen molar-refractivity contribution in [1.82, 2.24) is 0 Å². The number of hydrogen-bond donors (Lipinski definition) is 1. The van der Waals surface area contributed by atoms with Crippen LogP contribution in [0, 0.1) is 5.92 Å². The van der Waals surface area contributed by atoms with Gasteiger partial charge < -0.3 is 5.32 Å². The molecule has 1 atom stereocenters. The molecule has 0 heterocycles. The van der Waals surface area contributed by atoms with Gasteiger partial charge in [0.05, 0.1) is 11.5 Å². The summed E-state index contributed by atoms with van der Waals surface area (Å²) in [5.41, 5.74) is 0.991. The maximum absolute atomic E-state index is 12.9. The second-order valence-corrected chi connectivity index (χ2v) is 7.03. The fourth-order valence-corrected chi connectivity index (χ4v) is 3.86. The first kappa shape index (κ1) is 18.3. The van der Waals surface area contributed by atoms with Crippen LogP contribution in [0.1, 0.15) is 23.1 Å². The first-order valence-electron chi connectivity index (χ1n) is 9.00. The largest absolute Gasteiger partial charge is 0.416 e. The van der Waals surface area contributed by atoms with Crippen molar-refractivity contribution in [3.63, 3.8) is 0 Å². The average molecular weight is 381 g/mol. The highest BCUT2D eigenvalue weighted by atomic mass is 19.4. The maximum atomic E-state index is 12.9. The molecule has 1 amide bonds. The third-order valence-corrected chi connectivity index (χ3v) is 5.31. The third-order valence-electron chi connectivity index (χ3n) is 5.31. The first-order valence-corrected chi connectivity index (χ1v) is 9.00. The number of rotatable bonds is 4. The predicted octanol–water partition coefficient (Wildman–Crippen LogP) is 5.65. The molecule has 1 aliphatic carbocycles. The summed E-state index contributed by atoms with van der Waals surface area (Å²) in [6.07, 6.45) is -3.83. The van der Waals surface area contributed by atoms with E-state index in [1.807, 2.05) is 60.7 Å². The summed E-state index contributed by atoms with van der Waals surface area (Å²) in [5, 5.41) is 2.67. The molecule has 0 bridgehead atoms. The lowest BCUT2D eigenvalue weighted by Crippen LogP contribution is -2.22. The zero-order valence-corrected chi connectivity index (χ0v) is 14.9. The van der Waals surface area contributed by atoms with Crippen LogP contribution in [0.25, 0.3) is 0 Å². The van der Waals surface area contributed by atoms with Gasteiger partial charge in [0.1, 0.15) is 0 Å². The van der Waals surface area contributed by atoms with E-state index in [0.717, 1.165) is 23.3 Å². The topological polar surface area (TPSA) is 29.1 Å². The van der Waals surface area contributed by atoms with E-state index < -0.39 is 17.2 Å². The SMILES string of the molecule is O=C(Nc1cccc(C(F)(F)F)c1)C1CC1(c1ccccc1)c1ccccc1. The number of carbonyl (C=O) groups excluding carboxylic acids is 1. The first-order chi connectivity index (χ1) is 13.4. The molecule has 0 spiro atoms. The van der Waals surface area contributed by atoms with Crippen molar-refractivity contribution in [3.8, 4) is 0 Å². The number of nitrogens with one attached hydrogen (secondary N) is 1. The molecule has 4 rings (SSSR count). The minimum atomic E-state index is -4.45. The van der Waals surface area contributed by atoms with Crippen LogP contribution in [0.5, 0.6) is 0 Å². The standard InChI is InChI=1S/C23H18F3NO/c24-23(25,26)18-12-7-13-19(14-18)27-21(28)20-15-22(20,16-8-3-1-4-9-16)17-10-5-2-6-11-17/h1-14,20H,15H2,(H,27,28). The normalized spacial score (nSPS) is 17.8. The number of benzene rings is 3. The van der Waals surface area contributed by atoms with Crippen molar-refractivity contribution >= 4 is 11.6 Å². The molecule has 142 valence electrons. The molecule has 0 aliphatic heterocycles. The summed E-state index contributed by atoms with van der Waals surface area (Å²) in [7, 11) is 0. The van der Waals surface area contributed by atoms with Gasteiger partial charge in [-0.3, -0.25) is 4.79 Å². The van der Waals surface area contributed by atoms with Crippen LogP contribution in [0.15, 0.2) is 84.9 Å². The van der Waals surface area contributed by atoms with Crippen LogP contribution in [0.2, 0.25) is 0 Å². The number of alkyl halides is 3. The summed E-state index contributed by atoms with van der Waals surface area (Å²) in [6, 6.07) is 24.3. The van der Waals surface area contributed by atoms with Crippen LogP contribution in [-0.4, -0.2) is 5.91 Å². The fraction of sp³-hybridized carbons (Fsp3) is 0.174. The summed E-state index contributed by atoms with van der Waals surface area (Å²) >= 11 is 0. The van der Waals surface area contributed by atoms with Gasteiger partial charge in [-0.25, -0.2) is 0 Å². The molecule has 0 radical (unpaired) electrons. The van der Waals surface area contributed by atoms with Crippen LogP contribution < -0.4 is 5.32 Å². The number of carbonyl (C=O) groups is 1. The molecule has 28 heavy (non-hydrogen) atoms. The Morgan fingerprint density at radius 3 is 1.96 bits per heavy atom.